The van der Waals surface area contributed by atoms with Crippen LogP contribution in [0.15, 0.2) is 29.9 Å². The number of carbonyl (C=O) groups excluding carboxylic acids is 1. The van der Waals surface area contributed by atoms with E-state index in [0.29, 0.717) is 5.16 Å². The fourth-order valence-corrected chi connectivity index (χ4v) is 2.44. The van der Waals surface area contributed by atoms with Gasteiger partial charge in [0.05, 0.1) is 11.8 Å². The minimum Gasteiger partial charge on any atom is -0.346 e. The zero-order valence-corrected chi connectivity index (χ0v) is 12.9. The molecular formula is C13H18N6OS. The molecule has 0 aliphatic heterocycles. The summed E-state index contributed by atoms with van der Waals surface area (Å²) in [5, 5.41) is 7.66. The zero-order valence-electron chi connectivity index (χ0n) is 12.1. The number of rotatable bonds is 7. The topological polar surface area (TPSA) is 85.6 Å². The molecule has 2 heterocycles. The minimum atomic E-state index is -0.177. The fraction of sp³-hybridized carbons (Fsp3) is 0.462. The van der Waals surface area contributed by atoms with E-state index in [1.54, 1.807) is 18.5 Å². The summed E-state index contributed by atoms with van der Waals surface area (Å²) in [6.07, 6.45) is 5.80. The highest BCUT2D eigenvalue weighted by molar-refractivity contribution is 7.99. The summed E-state index contributed by atoms with van der Waals surface area (Å²) < 4.78 is 1.82. The van der Waals surface area contributed by atoms with Gasteiger partial charge in [0.2, 0.25) is 5.91 Å². The molecule has 21 heavy (non-hydrogen) atoms. The van der Waals surface area contributed by atoms with Gasteiger partial charge in [0.15, 0.2) is 5.16 Å². The van der Waals surface area contributed by atoms with Gasteiger partial charge in [-0.2, -0.15) is 5.10 Å². The Kier molecular flexibility index (Phi) is 5.68. The van der Waals surface area contributed by atoms with Gasteiger partial charge in [-0.3, -0.25) is 4.79 Å². The van der Waals surface area contributed by atoms with Crippen molar-refractivity contribution in [3.8, 4) is 0 Å². The van der Waals surface area contributed by atoms with Gasteiger partial charge in [0.1, 0.15) is 12.2 Å². The van der Waals surface area contributed by atoms with E-state index in [1.807, 2.05) is 11.6 Å². The first kappa shape index (κ1) is 15.4. The van der Waals surface area contributed by atoms with Gasteiger partial charge in [-0.25, -0.2) is 19.6 Å². The Labute approximate surface area is 127 Å². The third-order valence-corrected chi connectivity index (χ3v) is 3.60. The SMILES string of the molecule is CCCn1ncnc1[C@@H](C)NC(=O)CSc1ncccn1. The van der Waals surface area contributed by atoms with E-state index in [-0.39, 0.29) is 17.7 Å². The molecule has 2 aromatic heterocycles. The average molecular weight is 306 g/mol. The van der Waals surface area contributed by atoms with Gasteiger partial charge in [0, 0.05) is 18.9 Å². The molecule has 0 saturated heterocycles. The molecule has 0 fully saturated rings. The summed E-state index contributed by atoms with van der Waals surface area (Å²) in [5.41, 5.74) is 0. The van der Waals surface area contributed by atoms with Crippen LogP contribution >= 0.6 is 11.8 Å². The molecule has 0 saturated carbocycles. The number of hydrogen-bond acceptors (Lipinski definition) is 6. The molecule has 7 nitrogen and oxygen atoms in total. The largest absolute Gasteiger partial charge is 0.346 e. The quantitative estimate of drug-likeness (QED) is 0.615. The third kappa shape index (κ3) is 4.52. The summed E-state index contributed by atoms with van der Waals surface area (Å²) in [5.74, 6) is 0.966. The molecule has 2 aromatic rings. The molecule has 0 spiro atoms. The Bertz CT molecular complexity index is 573. The predicted molar refractivity (Wildman–Crippen MR) is 79.6 cm³/mol. The molecule has 0 aromatic carbocycles. The first-order valence-corrected chi connectivity index (χ1v) is 7.76. The van der Waals surface area contributed by atoms with Crippen molar-refractivity contribution in [2.24, 2.45) is 0 Å². The number of carbonyl (C=O) groups is 1. The van der Waals surface area contributed by atoms with Gasteiger partial charge in [-0.1, -0.05) is 18.7 Å². The second-order valence-electron chi connectivity index (χ2n) is 4.45. The van der Waals surface area contributed by atoms with E-state index in [0.717, 1.165) is 18.8 Å². The molecule has 112 valence electrons. The van der Waals surface area contributed by atoms with Gasteiger partial charge < -0.3 is 5.32 Å². The van der Waals surface area contributed by atoms with Crippen molar-refractivity contribution in [3.63, 3.8) is 0 Å². The third-order valence-electron chi connectivity index (χ3n) is 2.72. The highest BCUT2D eigenvalue weighted by atomic mass is 32.2. The second-order valence-corrected chi connectivity index (χ2v) is 5.39. The Hall–Kier alpha value is -1.96. The van der Waals surface area contributed by atoms with Crippen LogP contribution in [-0.2, 0) is 11.3 Å². The maximum atomic E-state index is 11.9. The standard InChI is InChI=1S/C13H18N6OS/c1-3-7-19-12(16-9-17-19)10(2)18-11(20)8-21-13-14-5-4-6-15-13/h4-6,9-10H,3,7-8H2,1-2H3,(H,18,20)/t10-/m1/s1. The van der Waals surface area contributed by atoms with Crippen molar-refractivity contribution in [3.05, 3.63) is 30.6 Å². The molecule has 8 heteroatoms. The van der Waals surface area contributed by atoms with Crippen molar-refractivity contribution in [2.45, 2.75) is 38.0 Å². The van der Waals surface area contributed by atoms with Crippen molar-refractivity contribution in [1.82, 2.24) is 30.0 Å². The lowest BCUT2D eigenvalue weighted by Crippen LogP contribution is -2.30. The second kappa shape index (κ2) is 7.72. The smallest absolute Gasteiger partial charge is 0.231 e. The first-order chi connectivity index (χ1) is 10.2. The molecule has 0 aliphatic rings. The number of thioether (sulfide) groups is 1. The fourth-order valence-electron chi connectivity index (χ4n) is 1.83. The average Bonchev–Trinajstić information content (AvgIpc) is 2.95. The minimum absolute atomic E-state index is 0.0778. The van der Waals surface area contributed by atoms with E-state index >= 15 is 0 Å². The van der Waals surface area contributed by atoms with E-state index in [4.69, 9.17) is 0 Å². The number of nitrogens with one attached hydrogen (secondary N) is 1. The molecule has 2 rings (SSSR count). The van der Waals surface area contributed by atoms with Gasteiger partial charge in [0.25, 0.3) is 0 Å². The Balaban J connectivity index is 1.85. The number of nitrogens with zero attached hydrogens (tertiary/aromatic N) is 5. The number of hydrogen-bond donors (Lipinski definition) is 1. The van der Waals surface area contributed by atoms with E-state index in [9.17, 15) is 4.79 Å². The highest BCUT2D eigenvalue weighted by Crippen LogP contribution is 2.12. The van der Waals surface area contributed by atoms with Crippen molar-refractivity contribution < 1.29 is 4.79 Å². The number of aromatic nitrogens is 5. The normalized spacial score (nSPS) is 12.1. The Morgan fingerprint density at radius 3 is 2.86 bits per heavy atom. The lowest BCUT2D eigenvalue weighted by atomic mass is 10.3. The van der Waals surface area contributed by atoms with Crippen LogP contribution in [0.4, 0.5) is 0 Å². The van der Waals surface area contributed by atoms with Crippen LogP contribution in [0.5, 0.6) is 0 Å². The van der Waals surface area contributed by atoms with Crippen molar-refractivity contribution in [1.29, 1.82) is 0 Å². The zero-order chi connectivity index (χ0) is 15.1. The highest BCUT2D eigenvalue weighted by Gasteiger charge is 2.15. The maximum Gasteiger partial charge on any atom is 0.231 e. The summed E-state index contributed by atoms with van der Waals surface area (Å²) in [6, 6.07) is 1.57. The van der Waals surface area contributed by atoms with E-state index < -0.39 is 0 Å². The molecule has 0 aliphatic carbocycles. The molecule has 1 N–H and O–H groups in total. The molecule has 0 radical (unpaired) electrons. The van der Waals surface area contributed by atoms with E-state index in [1.165, 1.54) is 18.1 Å². The van der Waals surface area contributed by atoms with Crippen LogP contribution in [0, 0.1) is 0 Å². The van der Waals surface area contributed by atoms with Crippen LogP contribution < -0.4 is 5.32 Å². The van der Waals surface area contributed by atoms with Gasteiger partial charge >= 0.3 is 0 Å². The maximum absolute atomic E-state index is 11.9. The molecule has 1 amide bonds. The van der Waals surface area contributed by atoms with Crippen LogP contribution in [0.3, 0.4) is 0 Å². The molecule has 0 bridgehead atoms. The molecular weight excluding hydrogens is 288 g/mol. The van der Waals surface area contributed by atoms with Gasteiger partial charge in [-0.05, 0) is 19.4 Å². The first-order valence-electron chi connectivity index (χ1n) is 6.77. The monoisotopic (exact) mass is 306 g/mol. The van der Waals surface area contributed by atoms with Crippen molar-refractivity contribution >= 4 is 17.7 Å². The lowest BCUT2D eigenvalue weighted by Gasteiger charge is -2.14. The number of amides is 1. The predicted octanol–water partition coefficient (Wildman–Crippen LogP) is 1.45. The number of aryl methyl sites for hydroxylation is 1. The van der Waals surface area contributed by atoms with Crippen LogP contribution in [0.2, 0.25) is 0 Å². The summed E-state index contributed by atoms with van der Waals surface area (Å²) >= 11 is 1.31. The lowest BCUT2D eigenvalue weighted by molar-refractivity contribution is -0.119. The molecule has 0 unspecified atom stereocenters. The Morgan fingerprint density at radius 2 is 2.14 bits per heavy atom. The summed E-state index contributed by atoms with van der Waals surface area (Å²) in [4.78, 5) is 24.3. The van der Waals surface area contributed by atoms with Crippen molar-refractivity contribution in [2.75, 3.05) is 5.75 Å². The van der Waals surface area contributed by atoms with Crippen LogP contribution in [-0.4, -0.2) is 36.4 Å². The van der Waals surface area contributed by atoms with Crippen LogP contribution in [0.25, 0.3) is 0 Å². The molecule has 1 atom stereocenters. The Morgan fingerprint density at radius 1 is 1.38 bits per heavy atom. The van der Waals surface area contributed by atoms with E-state index in [2.05, 4.69) is 32.3 Å². The van der Waals surface area contributed by atoms with Crippen LogP contribution in [0.1, 0.15) is 32.1 Å². The van der Waals surface area contributed by atoms with Gasteiger partial charge in [-0.15, -0.1) is 0 Å². The summed E-state index contributed by atoms with van der Waals surface area (Å²) in [6.45, 7) is 4.77. The summed E-state index contributed by atoms with van der Waals surface area (Å²) in [7, 11) is 0.